The summed E-state index contributed by atoms with van der Waals surface area (Å²) in [7, 11) is 0. The van der Waals surface area contributed by atoms with Crippen molar-refractivity contribution < 1.29 is 23.9 Å². The second-order valence-corrected chi connectivity index (χ2v) is 8.17. The minimum Gasteiger partial charge on any atom is -0.487 e. The number of aromatic nitrogens is 1. The van der Waals surface area contributed by atoms with Gasteiger partial charge in [0.25, 0.3) is 0 Å². The lowest BCUT2D eigenvalue weighted by molar-refractivity contribution is -0.139. The third kappa shape index (κ3) is 6.70. The van der Waals surface area contributed by atoms with E-state index in [-0.39, 0.29) is 6.61 Å². The van der Waals surface area contributed by atoms with Gasteiger partial charge in [-0.25, -0.2) is 4.98 Å². The summed E-state index contributed by atoms with van der Waals surface area (Å²) >= 11 is 0. The van der Waals surface area contributed by atoms with Gasteiger partial charge in [0.15, 0.2) is 0 Å². The van der Waals surface area contributed by atoms with Crippen LogP contribution in [0.15, 0.2) is 58.1 Å². The summed E-state index contributed by atoms with van der Waals surface area (Å²) < 4.78 is 11.7. The highest BCUT2D eigenvalue weighted by molar-refractivity contribution is 6.00. The maximum absolute atomic E-state index is 11.7. The molecular formula is C27H32N2O5. The van der Waals surface area contributed by atoms with E-state index >= 15 is 0 Å². The highest BCUT2D eigenvalue weighted by atomic mass is 16.6. The van der Waals surface area contributed by atoms with E-state index in [0.717, 1.165) is 35.4 Å². The van der Waals surface area contributed by atoms with Crippen LogP contribution in [0.4, 0.5) is 0 Å². The Kier molecular flexibility index (Phi) is 8.85. The Labute approximate surface area is 200 Å². The van der Waals surface area contributed by atoms with Crippen molar-refractivity contribution in [2.75, 3.05) is 6.61 Å². The number of carbonyl (C=O) groups is 1. The van der Waals surface area contributed by atoms with Crippen molar-refractivity contribution in [3.8, 4) is 17.2 Å². The van der Waals surface area contributed by atoms with E-state index < -0.39 is 11.9 Å². The van der Waals surface area contributed by atoms with E-state index in [2.05, 4.69) is 29.2 Å². The van der Waals surface area contributed by atoms with Gasteiger partial charge >= 0.3 is 5.97 Å². The molecule has 34 heavy (non-hydrogen) atoms. The maximum Gasteiger partial charge on any atom is 0.312 e. The molecule has 0 saturated carbocycles. The first-order valence-corrected chi connectivity index (χ1v) is 11.6. The van der Waals surface area contributed by atoms with E-state index in [1.807, 2.05) is 50.2 Å². The Morgan fingerprint density at radius 3 is 2.38 bits per heavy atom. The fourth-order valence-electron chi connectivity index (χ4n) is 3.39. The number of ether oxygens (including phenoxy) is 1. The topological polar surface area (TPSA) is 94.2 Å². The number of oxazole rings is 1. The minimum atomic E-state index is -0.927. The molecule has 1 unspecified atom stereocenters. The van der Waals surface area contributed by atoms with Crippen molar-refractivity contribution in [1.82, 2.24) is 4.98 Å². The summed E-state index contributed by atoms with van der Waals surface area (Å²) in [5.41, 5.74) is 4.26. The molecular weight excluding hydrogens is 432 g/mol. The van der Waals surface area contributed by atoms with Crippen molar-refractivity contribution in [3.63, 3.8) is 0 Å². The van der Waals surface area contributed by atoms with E-state index in [0.29, 0.717) is 30.4 Å². The lowest BCUT2D eigenvalue weighted by Crippen LogP contribution is -2.24. The third-order valence-electron chi connectivity index (χ3n) is 5.55. The zero-order chi connectivity index (χ0) is 24.5. The van der Waals surface area contributed by atoms with Crippen molar-refractivity contribution in [3.05, 3.63) is 71.1 Å². The van der Waals surface area contributed by atoms with Gasteiger partial charge in [0.1, 0.15) is 36.3 Å². The van der Waals surface area contributed by atoms with Crippen LogP contribution < -0.4 is 4.74 Å². The van der Waals surface area contributed by atoms with Gasteiger partial charge in [0.2, 0.25) is 5.89 Å². The van der Waals surface area contributed by atoms with Crippen LogP contribution in [-0.2, 0) is 29.1 Å². The van der Waals surface area contributed by atoms with Gasteiger partial charge in [0.05, 0.1) is 5.71 Å². The number of nitrogens with zero attached hydrogens (tertiary/aromatic N) is 2. The van der Waals surface area contributed by atoms with Gasteiger partial charge < -0.3 is 19.1 Å². The molecule has 1 aromatic heterocycles. The number of benzene rings is 2. The van der Waals surface area contributed by atoms with Crippen molar-refractivity contribution in [2.24, 2.45) is 11.1 Å². The molecule has 0 aliphatic rings. The Bertz CT molecular complexity index is 1100. The fourth-order valence-corrected chi connectivity index (χ4v) is 3.39. The van der Waals surface area contributed by atoms with Gasteiger partial charge in [-0.05, 0) is 68.5 Å². The standard InChI is InChI=1S/C27H32N2O5/c1-5-15-33-29-18(3)24(27(30)31)16-21-9-13-23(14-10-21)32-17-25-19(4)34-26(28-25)22-11-7-20(6-2)8-12-22/h7-14,24H,5-6,15-17H2,1-4H3,(H,30,31)/b29-18+. The SMILES string of the molecule is CCCO/N=C(\C)C(Cc1ccc(OCc2nc(-c3ccc(CC)cc3)oc2C)cc1)C(=O)O. The minimum absolute atomic E-state index is 0.278. The molecule has 0 amide bonds. The van der Waals surface area contributed by atoms with E-state index in [4.69, 9.17) is 14.0 Å². The second-order valence-electron chi connectivity index (χ2n) is 8.17. The van der Waals surface area contributed by atoms with Gasteiger partial charge in [-0.1, -0.05) is 43.3 Å². The lowest BCUT2D eigenvalue weighted by Gasteiger charge is -2.12. The van der Waals surface area contributed by atoms with Crippen LogP contribution in [0.25, 0.3) is 11.5 Å². The first kappa shape index (κ1) is 25.0. The van der Waals surface area contributed by atoms with Crippen molar-refractivity contribution in [1.29, 1.82) is 0 Å². The summed E-state index contributed by atoms with van der Waals surface area (Å²) in [6.07, 6.45) is 2.13. The molecule has 0 aliphatic heterocycles. The zero-order valence-electron chi connectivity index (χ0n) is 20.2. The van der Waals surface area contributed by atoms with Gasteiger partial charge in [-0.15, -0.1) is 0 Å². The maximum atomic E-state index is 11.7. The molecule has 7 heteroatoms. The number of hydrogen-bond donors (Lipinski definition) is 1. The average Bonchev–Trinajstić information content (AvgIpc) is 3.22. The number of carboxylic acids is 1. The highest BCUT2D eigenvalue weighted by Crippen LogP contribution is 2.24. The van der Waals surface area contributed by atoms with Crippen LogP contribution in [0.2, 0.25) is 0 Å². The Morgan fingerprint density at radius 2 is 1.76 bits per heavy atom. The molecule has 0 aliphatic carbocycles. The molecule has 3 rings (SSSR count). The summed E-state index contributed by atoms with van der Waals surface area (Å²) in [5.74, 6) is 0.294. The van der Waals surface area contributed by atoms with Crippen LogP contribution in [-0.4, -0.2) is 28.4 Å². The fraction of sp³-hybridized carbons (Fsp3) is 0.370. The molecule has 2 aromatic carbocycles. The van der Waals surface area contributed by atoms with Crippen molar-refractivity contribution in [2.45, 2.75) is 53.6 Å². The summed E-state index contributed by atoms with van der Waals surface area (Å²) in [6.45, 7) is 8.39. The van der Waals surface area contributed by atoms with Crippen LogP contribution >= 0.6 is 0 Å². The monoisotopic (exact) mass is 464 g/mol. The molecule has 7 nitrogen and oxygen atoms in total. The van der Waals surface area contributed by atoms with Crippen LogP contribution in [0.5, 0.6) is 5.75 Å². The molecule has 1 N–H and O–H groups in total. The smallest absolute Gasteiger partial charge is 0.312 e. The van der Waals surface area contributed by atoms with Gasteiger partial charge in [0, 0.05) is 5.56 Å². The number of rotatable bonds is 12. The first-order chi connectivity index (χ1) is 16.4. The van der Waals surface area contributed by atoms with E-state index in [9.17, 15) is 9.90 Å². The normalized spacial score (nSPS) is 12.4. The quantitative estimate of drug-likeness (QED) is 0.206. The first-order valence-electron chi connectivity index (χ1n) is 11.6. The average molecular weight is 465 g/mol. The van der Waals surface area contributed by atoms with Gasteiger partial charge in [-0.2, -0.15) is 0 Å². The predicted octanol–water partition coefficient (Wildman–Crippen LogP) is 5.84. The summed E-state index contributed by atoms with van der Waals surface area (Å²) in [5, 5.41) is 13.5. The van der Waals surface area contributed by atoms with Crippen LogP contribution in [0, 0.1) is 12.8 Å². The molecule has 1 atom stereocenters. The zero-order valence-corrected chi connectivity index (χ0v) is 20.2. The molecule has 0 radical (unpaired) electrons. The second kappa shape index (κ2) is 12.0. The molecule has 3 aromatic rings. The lowest BCUT2D eigenvalue weighted by atomic mass is 9.95. The van der Waals surface area contributed by atoms with Crippen LogP contribution in [0.1, 0.15) is 49.8 Å². The molecule has 0 fully saturated rings. The molecule has 0 bridgehead atoms. The molecule has 0 saturated heterocycles. The van der Waals surface area contributed by atoms with E-state index in [1.165, 1.54) is 5.56 Å². The third-order valence-corrected chi connectivity index (χ3v) is 5.55. The molecule has 0 spiro atoms. The summed E-state index contributed by atoms with van der Waals surface area (Å²) in [4.78, 5) is 21.4. The van der Waals surface area contributed by atoms with Crippen molar-refractivity contribution >= 4 is 11.7 Å². The number of hydrogen-bond acceptors (Lipinski definition) is 6. The Balaban J connectivity index is 1.61. The number of aliphatic carboxylic acids is 1. The van der Waals surface area contributed by atoms with Gasteiger partial charge in [-0.3, -0.25) is 4.79 Å². The molecule has 180 valence electrons. The number of aryl methyl sites for hydroxylation is 2. The number of carboxylic acid groups (broad SMARTS) is 1. The Hall–Kier alpha value is -3.61. The summed E-state index contributed by atoms with van der Waals surface area (Å²) in [6, 6.07) is 15.6. The number of oxime groups is 1. The Morgan fingerprint density at radius 1 is 1.09 bits per heavy atom. The highest BCUT2D eigenvalue weighted by Gasteiger charge is 2.22. The predicted molar refractivity (Wildman–Crippen MR) is 131 cm³/mol. The van der Waals surface area contributed by atoms with E-state index in [1.54, 1.807) is 6.92 Å². The largest absolute Gasteiger partial charge is 0.487 e. The molecule has 1 heterocycles. The van der Waals surface area contributed by atoms with Crippen LogP contribution in [0.3, 0.4) is 0 Å².